The molecule has 0 aliphatic rings. The van der Waals surface area contributed by atoms with Gasteiger partial charge in [-0.3, -0.25) is 9.19 Å². The Morgan fingerprint density at radius 1 is 1.04 bits per heavy atom. The van der Waals surface area contributed by atoms with Crippen LogP contribution in [0.3, 0.4) is 0 Å². The van der Waals surface area contributed by atoms with Crippen molar-refractivity contribution in [3.8, 4) is 17.2 Å². The quantitative estimate of drug-likeness (QED) is 0.568. The summed E-state index contributed by atoms with van der Waals surface area (Å²) in [4.78, 5) is 13.2. The number of aryl methyl sites for hydroxylation is 1. The Morgan fingerprint density at radius 2 is 1.80 bits per heavy atom. The lowest BCUT2D eigenvalue weighted by Gasteiger charge is -2.04. The molecule has 1 atom stereocenters. The van der Waals surface area contributed by atoms with Crippen molar-refractivity contribution in [1.29, 1.82) is 0 Å². The summed E-state index contributed by atoms with van der Waals surface area (Å²) in [6.07, 6.45) is 6.83. The van der Waals surface area contributed by atoms with E-state index in [0.29, 0.717) is 11.0 Å². The lowest BCUT2D eigenvalue weighted by molar-refractivity contribution is 0.681. The standard InChI is InChI=1S/C18H15N5OS/c1-12-7-8-19-15(9-12)13-10-20-18(21-11-13)23-16-6-4-3-5-14(16)17(22-23)25(2)24/h3-11H,1-2H3. The molecule has 1 unspecified atom stereocenters. The zero-order valence-corrected chi connectivity index (χ0v) is 14.6. The van der Waals surface area contributed by atoms with Gasteiger partial charge in [0, 0.05) is 35.8 Å². The molecule has 1 aromatic carbocycles. The minimum absolute atomic E-state index is 0.435. The number of hydrogen-bond donors (Lipinski definition) is 0. The fraction of sp³-hybridized carbons (Fsp3) is 0.111. The van der Waals surface area contributed by atoms with Crippen LogP contribution >= 0.6 is 0 Å². The number of benzene rings is 1. The van der Waals surface area contributed by atoms with Gasteiger partial charge in [0.15, 0.2) is 5.03 Å². The van der Waals surface area contributed by atoms with E-state index in [-0.39, 0.29) is 0 Å². The van der Waals surface area contributed by atoms with Crippen molar-refractivity contribution in [2.75, 3.05) is 6.26 Å². The second kappa shape index (κ2) is 6.18. The predicted molar refractivity (Wildman–Crippen MR) is 97.0 cm³/mol. The van der Waals surface area contributed by atoms with E-state index in [1.165, 1.54) is 0 Å². The van der Waals surface area contributed by atoms with E-state index in [4.69, 9.17) is 0 Å². The molecule has 4 aromatic rings. The molecule has 0 spiro atoms. The summed E-state index contributed by atoms with van der Waals surface area (Å²) in [5.41, 5.74) is 3.62. The smallest absolute Gasteiger partial charge is 0.251 e. The first-order valence-corrected chi connectivity index (χ1v) is 9.26. The molecule has 0 radical (unpaired) electrons. The van der Waals surface area contributed by atoms with Crippen LogP contribution in [0.15, 0.2) is 60.0 Å². The van der Waals surface area contributed by atoms with Gasteiger partial charge in [-0.15, -0.1) is 0 Å². The number of fused-ring (bicyclic) bond motifs is 1. The highest BCUT2D eigenvalue weighted by atomic mass is 32.2. The van der Waals surface area contributed by atoms with E-state index >= 15 is 0 Å². The van der Waals surface area contributed by atoms with Crippen LogP contribution in [-0.2, 0) is 10.8 Å². The summed E-state index contributed by atoms with van der Waals surface area (Å²) in [6, 6.07) is 11.6. The molecule has 0 fully saturated rings. The molecule has 0 aliphatic carbocycles. The molecule has 0 saturated carbocycles. The van der Waals surface area contributed by atoms with Gasteiger partial charge in [-0.2, -0.15) is 9.78 Å². The first kappa shape index (κ1) is 15.6. The number of rotatable bonds is 3. The average Bonchev–Trinajstić information content (AvgIpc) is 3.02. The van der Waals surface area contributed by atoms with E-state index in [1.807, 2.05) is 43.3 Å². The van der Waals surface area contributed by atoms with Crippen molar-refractivity contribution in [1.82, 2.24) is 24.7 Å². The minimum Gasteiger partial charge on any atom is -0.256 e. The Bertz CT molecular complexity index is 1090. The molecule has 124 valence electrons. The number of pyridine rings is 1. The maximum atomic E-state index is 12.0. The number of nitrogens with zero attached hydrogens (tertiary/aromatic N) is 5. The molecule has 0 N–H and O–H groups in total. The molecule has 4 rings (SSSR count). The largest absolute Gasteiger partial charge is 0.256 e. The SMILES string of the molecule is Cc1ccnc(-c2cnc(-n3nc(S(C)=O)c4ccccc43)nc2)c1. The Hall–Kier alpha value is -2.93. The van der Waals surface area contributed by atoms with Gasteiger partial charge in [0.2, 0.25) is 0 Å². The molecule has 7 heteroatoms. The predicted octanol–water partition coefficient (Wildman–Crippen LogP) is 2.92. The number of hydrogen-bond acceptors (Lipinski definition) is 5. The highest BCUT2D eigenvalue weighted by Gasteiger charge is 2.15. The van der Waals surface area contributed by atoms with Crippen molar-refractivity contribution in [2.45, 2.75) is 11.9 Å². The van der Waals surface area contributed by atoms with E-state index < -0.39 is 10.8 Å². The summed E-state index contributed by atoms with van der Waals surface area (Å²) in [7, 11) is -1.19. The summed E-state index contributed by atoms with van der Waals surface area (Å²) >= 11 is 0. The summed E-state index contributed by atoms with van der Waals surface area (Å²) in [5.74, 6) is 0.435. The second-order valence-corrected chi connectivity index (χ2v) is 6.97. The first-order chi connectivity index (χ1) is 12.1. The third-order valence-electron chi connectivity index (χ3n) is 3.86. The maximum Gasteiger partial charge on any atom is 0.251 e. The van der Waals surface area contributed by atoms with Crippen LogP contribution in [0.25, 0.3) is 28.1 Å². The van der Waals surface area contributed by atoms with Crippen molar-refractivity contribution in [3.63, 3.8) is 0 Å². The molecular weight excluding hydrogens is 334 g/mol. The number of aromatic nitrogens is 5. The van der Waals surface area contributed by atoms with Crippen molar-refractivity contribution >= 4 is 21.7 Å². The van der Waals surface area contributed by atoms with Gasteiger partial charge in [-0.05, 0) is 36.8 Å². The summed E-state index contributed by atoms with van der Waals surface area (Å²) in [6.45, 7) is 2.02. The van der Waals surface area contributed by atoms with Crippen LogP contribution in [0, 0.1) is 6.92 Å². The van der Waals surface area contributed by atoms with Crippen LogP contribution < -0.4 is 0 Å². The zero-order valence-electron chi connectivity index (χ0n) is 13.7. The van der Waals surface area contributed by atoms with E-state index in [0.717, 1.165) is 27.7 Å². The zero-order chi connectivity index (χ0) is 17.4. The topological polar surface area (TPSA) is 73.6 Å². The van der Waals surface area contributed by atoms with Gasteiger partial charge >= 0.3 is 0 Å². The van der Waals surface area contributed by atoms with Crippen LogP contribution in [0.1, 0.15) is 5.56 Å². The van der Waals surface area contributed by atoms with Gasteiger partial charge in [0.05, 0.1) is 22.0 Å². The fourth-order valence-corrected chi connectivity index (χ4v) is 3.34. The van der Waals surface area contributed by atoms with Crippen LogP contribution in [-0.4, -0.2) is 35.2 Å². The highest BCUT2D eigenvalue weighted by molar-refractivity contribution is 7.84. The summed E-state index contributed by atoms with van der Waals surface area (Å²) < 4.78 is 13.6. The Labute approximate surface area is 147 Å². The Kier molecular flexibility index (Phi) is 3.85. The van der Waals surface area contributed by atoms with Gasteiger partial charge in [0.1, 0.15) is 0 Å². The van der Waals surface area contributed by atoms with Crippen LogP contribution in [0.4, 0.5) is 0 Å². The molecule has 0 amide bonds. The molecular formula is C18H15N5OS. The van der Waals surface area contributed by atoms with E-state index in [9.17, 15) is 4.21 Å². The average molecular weight is 349 g/mol. The van der Waals surface area contributed by atoms with Crippen molar-refractivity contribution in [3.05, 3.63) is 60.6 Å². The fourth-order valence-electron chi connectivity index (χ4n) is 2.66. The molecule has 0 aliphatic heterocycles. The lowest BCUT2D eigenvalue weighted by Crippen LogP contribution is -2.03. The molecule has 25 heavy (non-hydrogen) atoms. The Morgan fingerprint density at radius 3 is 2.52 bits per heavy atom. The first-order valence-electron chi connectivity index (χ1n) is 7.70. The monoisotopic (exact) mass is 349 g/mol. The molecule has 3 aromatic heterocycles. The second-order valence-electron chi connectivity index (χ2n) is 5.68. The van der Waals surface area contributed by atoms with Crippen LogP contribution in [0.5, 0.6) is 0 Å². The third kappa shape index (κ3) is 2.83. The number of para-hydroxylation sites is 1. The van der Waals surface area contributed by atoms with Gasteiger partial charge < -0.3 is 0 Å². The Balaban J connectivity index is 1.81. The van der Waals surface area contributed by atoms with Crippen LogP contribution in [0.2, 0.25) is 0 Å². The lowest BCUT2D eigenvalue weighted by atomic mass is 10.2. The van der Waals surface area contributed by atoms with Gasteiger partial charge in [-0.1, -0.05) is 12.1 Å². The molecule has 0 bridgehead atoms. The molecule has 6 nitrogen and oxygen atoms in total. The van der Waals surface area contributed by atoms with Gasteiger partial charge in [-0.25, -0.2) is 9.97 Å². The maximum absolute atomic E-state index is 12.0. The van der Waals surface area contributed by atoms with Crippen molar-refractivity contribution in [2.24, 2.45) is 0 Å². The van der Waals surface area contributed by atoms with Crippen molar-refractivity contribution < 1.29 is 4.21 Å². The highest BCUT2D eigenvalue weighted by Crippen LogP contribution is 2.23. The van der Waals surface area contributed by atoms with Gasteiger partial charge in [0.25, 0.3) is 5.95 Å². The van der Waals surface area contributed by atoms with E-state index in [2.05, 4.69) is 20.1 Å². The van der Waals surface area contributed by atoms with E-state index in [1.54, 1.807) is 29.5 Å². The summed E-state index contributed by atoms with van der Waals surface area (Å²) in [5, 5.41) is 5.83. The third-order valence-corrected chi connectivity index (χ3v) is 4.71. The normalized spacial score (nSPS) is 12.4. The molecule has 0 saturated heterocycles. The minimum atomic E-state index is -1.19. The molecule has 3 heterocycles.